The number of hydrogen-bond donors (Lipinski definition) is 0. The summed E-state index contributed by atoms with van der Waals surface area (Å²) in [7, 11) is 0. The van der Waals surface area contributed by atoms with Gasteiger partial charge in [0.25, 0.3) is 0 Å². The second kappa shape index (κ2) is 53.2. The lowest BCUT2D eigenvalue weighted by molar-refractivity contribution is 0.517. The minimum Gasteiger partial charge on any atom is -0.252 e. The summed E-state index contributed by atoms with van der Waals surface area (Å²) < 4.78 is 0. The van der Waals surface area contributed by atoms with Gasteiger partial charge in [-0.2, -0.15) is 0 Å². The van der Waals surface area contributed by atoms with E-state index in [4.69, 9.17) is 9.98 Å². The largest absolute Gasteiger partial charge is 0.252 e. The van der Waals surface area contributed by atoms with Crippen LogP contribution >= 0.6 is 0 Å². The van der Waals surface area contributed by atoms with E-state index >= 15 is 0 Å². The van der Waals surface area contributed by atoms with Crippen LogP contribution in [0.3, 0.4) is 0 Å². The van der Waals surface area contributed by atoms with Crippen LogP contribution in [0.25, 0.3) is 0 Å². The van der Waals surface area contributed by atoms with Crippen molar-refractivity contribution in [2.45, 2.75) is 368 Å². The lowest BCUT2D eigenvalue weighted by atomic mass is 10.0. The molecule has 0 aliphatic rings. The van der Waals surface area contributed by atoms with Crippen LogP contribution in [0.15, 0.2) is 58.5 Å². The first-order valence-electron chi connectivity index (χ1n) is 33.5. The summed E-state index contributed by atoms with van der Waals surface area (Å²) in [6, 6.07) is 18.0. The molecule has 2 aromatic carbocycles. The van der Waals surface area contributed by atoms with Gasteiger partial charge in [-0.05, 0) is 80.8 Å². The fraction of sp³-hybridized carbons (Fsp3) is 0.803. The SMILES string of the molecule is CCCCCCCCCCCCCCCCCCCCCCCCCCc1cccc(N=C(C)C(CCCC)=Nc2cccc(CCCCCCCCCCCCCCCCCCCCCCCCCC)c2)c1. The second-order valence-electron chi connectivity index (χ2n) is 23.5. The van der Waals surface area contributed by atoms with Gasteiger partial charge in [-0.25, -0.2) is 0 Å². The Balaban J connectivity index is 1.50. The van der Waals surface area contributed by atoms with Gasteiger partial charge in [-0.15, -0.1) is 0 Å². The Bertz CT molecular complexity index is 1500. The molecule has 0 saturated carbocycles. The fourth-order valence-electron chi connectivity index (χ4n) is 11.2. The maximum absolute atomic E-state index is 5.24. The molecule has 2 heteroatoms. The second-order valence-corrected chi connectivity index (χ2v) is 23.5. The predicted molar refractivity (Wildman–Crippen MR) is 333 cm³/mol. The molecule has 2 aromatic rings. The van der Waals surface area contributed by atoms with Crippen molar-refractivity contribution in [3.8, 4) is 0 Å². The van der Waals surface area contributed by atoms with Crippen molar-refractivity contribution in [3.05, 3.63) is 59.7 Å². The van der Waals surface area contributed by atoms with Crippen molar-refractivity contribution in [2.75, 3.05) is 0 Å². The van der Waals surface area contributed by atoms with Gasteiger partial charge in [0.1, 0.15) is 0 Å². The summed E-state index contributed by atoms with van der Waals surface area (Å²) in [5, 5.41) is 0. The smallest absolute Gasteiger partial charge is 0.0636 e. The molecule has 0 radical (unpaired) electrons. The third kappa shape index (κ3) is 43.6. The summed E-state index contributed by atoms with van der Waals surface area (Å²) in [5.74, 6) is 0. The van der Waals surface area contributed by atoms with Crippen LogP contribution in [0.1, 0.15) is 366 Å². The minimum atomic E-state index is 0.981. The average molecular weight is 1010 g/mol. The van der Waals surface area contributed by atoms with E-state index in [1.54, 1.807) is 0 Å². The number of hydrogen-bond acceptors (Lipinski definition) is 2. The Morgan fingerprint density at radius 3 is 0.767 bits per heavy atom. The normalized spacial score (nSPS) is 12.2. The van der Waals surface area contributed by atoms with Crippen molar-refractivity contribution in [2.24, 2.45) is 9.98 Å². The highest BCUT2D eigenvalue weighted by Gasteiger charge is 2.08. The monoisotopic (exact) mass is 1010 g/mol. The number of benzene rings is 2. The summed E-state index contributed by atoms with van der Waals surface area (Å²) in [6.07, 6.45) is 74.8. The van der Waals surface area contributed by atoms with E-state index in [1.807, 2.05) is 0 Å². The lowest BCUT2D eigenvalue weighted by Crippen LogP contribution is -2.10. The van der Waals surface area contributed by atoms with Crippen LogP contribution < -0.4 is 0 Å². The molecule has 0 N–H and O–H groups in total. The van der Waals surface area contributed by atoms with E-state index in [-0.39, 0.29) is 0 Å². The van der Waals surface area contributed by atoms with E-state index in [1.165, 1.54) is 326 Å². The van der Waals surface area contributed by atoms with Gasteiger partial charge < -0.3 is 0 Å². The molecule has 2 rings (SSSR count). The quantitative estimate of drug-likeness (QED) is 0.0466. The van der Waals surface area contributed by atoms with Gasteiger partial charge in [-0.3, -0.25) is 9.98 Å². The summed E-state index contributed by atoms with van der Waals surface area (Å²) >= 11 is 0. The van der Waals surface area contributed by atoms with Crippen LogP contribution in [0.4, 0.5) is 11.4 Å². The van der Waals surface area contributed by atoms with Crippen molar-refractivity contribution in [1.82, 2.24) is 0 Å². The van der Waals surface area contributed by atoms with Crippen molar-refractivity contribution >= 4 is 22.8 Å². The van der Waals surface area contributed by atoms with Crippen molar-refractivity contribution < 1.29 is 0 Å². The molecule has 0 fully saturated rings. The topological polar surface area (TPSA) is 24.7 Å². The van der Waals surface area contributed by atoms with Gasteiger partial charge in [0.05, 0.1) is 22.8 Å². The van der Waals surface area contributed by atoms with Gasteiger partial charge in [0, 0.05) is 0 Å². The maximum Gasteiger partial charge on any atom is 0.0636 e. The number of aliphatic imine (C=N–C) groups is 2. The Morgan fingerprint density at radius 2 is 0.507 bits per heavy atom. The highest BCUT2D eigenvalue weighted by atomic mass is 14.8. The zero-order valence-corrected chi connectivity index (χ0v) is 50.0. The molecule has 0 atom stereocenters. The molecule has 0 spiro atoms. The first-order chi connectivity index (χ1) is 36.2. The molecule has 420 valence electrons. The highest BCUT2D eigenvalue weighted by molar-refractivity contribution is 6.42. The Hall–Kier alpha value is -2.22. The Kier molecular flexibility index (Phi) is 48.7. The Morgan fingerprint density at radius 1 is 0.274 bits per heavy atom. The summed E-state index contributed by atoms with van der Waals surface area (Å²) in [5.41, 5.74) is 7.23. The van der Waals surface area contributed by atoms with Gasteiger partial charge in [0.2, 0.25) is 0 Å². The highest BCUT2D eigenvalue weighted by Crippen LogP contribution is 2.23. The van der Waals surface area contributed by atoms with Crippen LogP contribution in [0.5, 0.6) is 0 Å². The van der Waals surface area contributed by atoms with Gasteiger partial charge in [0.15, 0.2) is 0 Å². The molecule has 0 unspecified atom stereocenters. The van der Waals surface area contributed by atoms with E-state index < -0.39 is 0 Å². The van der Waals surface area contributed by atoms with E-state index in [0.29, 0.717) is 0 Å². The number of rotatable bonds is 56. The Labute approximate surface area is 458 Å². The molecule has 73 heavy (non-hydrogen) atoms. The molecule has 0 amide bonds. The molecule has 0 aliphatic heterocycles. The average Bonchev–Trinajstić information content (AvgIpc) is 3.40. The molecular formula is C71H126N2. The molecule has 0 aliphatic carbocycles. The van der Waals surface area contributed by atoms with Crippen LogP contribution in [-0.4, -0.2) is 11.4 Å². The van der Waals surface area contributed by atoms with Gasteiger partial charge in [-0.1, -0.05) is 347 Å². The summed E-state index contributed by atoms with van der Waals surface area (Å²) in [6.45, 7) is 9.07. The van der Waals surface area contributed by atoms with Crippen LogP contribution in [-0.2, 0) is 12.8 Å². The summed E-state index contributed by atoms with van der Waals surface area (Å²) in [4.78, 5) is 10.4. The zero-order chi connectivity index (χ0) is 52.0. The van der Waals surface area contributed by atoms with E-state index in [9.17, 15) is 0 Å². The lowest BCUT2D eigenvalue weighted by Gasteiger charge is -2.09. The molecule has 0 saturated heterocycles. The van der Waals surface area contributed by atoms with Crippen molar-refractivity contribution in [1.29, 1.82) is 0 Å². The molecule has 0 bridgehead atoms. The molecular weight excluding hydrogens is 881 g/mol. The maximum atomic E-state index is 5.24. The first-order valence-corrected chi connectivity index (χ1v) is 33.5. The van der Waals surface area contributed by atoms with E-state index in [0.717, 1.165) is 48.5 Å². The third-order valence-corrected chi connectivity index (χ3v) is 16.2. The number of unbranched alkanes of at least 4 members (excludes halogenated alkanes) is 47. The van der Waals surface area contributed by atoms with E-state index in [2.05, 4.69) is 76.2 Å². The molecule has 0 aromatic heterocycles. The number of aryl methyl sites for hydroxylation is 2. The number of nitrogens with zero attached hydrogens (tertiary/aromatic N) is 2. The standard InChI is InChI=1S/C71H126N2/c1-5-8-11-13-15-17-19-21-23-25-27-29-31-33-35-37-39-41-43-45-47-49-51-53-57-67-59-55-61-69(64-67)72-66(4)71(63-10-7-3)73-70-62-56-60-68(65-70)58-54-52-50-48-46-44-42-40-38-36-34-32-30-28-26-24-22-20-18-16-14-12-9-6-2/h55-56,59-62,64-65H,5-54,57-58,63H2,1-4H3. The van der Waals surface area contributed by atoms with Crippen LogP contribution in [0, 0.1) is 0 Å². The minimum absolute atomic E-state index is 0.981. The van der Waals surface area contributed by atoms with Crippen molar-refractivity contribution in [3.63, 3.8) is 0 Å². The molecule has 0 heterocycles. The van der Waals surface area contributed by atoms with Crippen LogP contribution in [0.2, 0.25) is 0 Å². The van der Waals surface area contributed by atoms with Gasteiger partial charge >= 0.3 is 0 Å². The zero-order valence-electron chi connectivity index (χ0n) is 50.0. The third-order valence-electron chi connectivity index (χ3n) is 16.2. The predicted octanol–water partition coefficient (Wildman–Crippen LogP) is 25.6. The fourth-order valence-corrected chi connectivity index (χ4v) is 11.2. The first kappa shape index (κ1) is 66.9. The molecule has 2 nitrogen and oxygen atoms in total.